The Morgan fingerprint density at radius 2 is 2.05 bits per heavy atom. The van der Waals surface area contributed by atoms with E-state index in [1.807, 2.05) is 6.07 Å². The van der Waals surface area contributed by atoms with Gasteiger partial charge < -0.3 is 19.5 Å². The zero-order valence-electron chi connectivity index (χ0n) is 12.6. The molecule has 1 saturated carbocycles. The van der Waals surface area contributed by atoms with Crippen LogP contribution in [-0.4, -0.2) is 38.4 Å². The van der Waals surface area contributed by atoms with Crippen molar-refractivity contribution in [1.29, 1.82) is 0 Å². The molecule has 4 rings (SSSR count). The minimum Gasteiger partial charge on any atom is -0.489 e. The van der Waals surface area contributed by atoms with E-state index in [1.54, 1.807) is 12.1 Å². The van der Waals surface area contributed by atoms with Gasteiger partial charge in [-0.1, -0.05) is 0 Å². The summed E-state index contributed by atoms with van der Waals surface area (Å²) in [4.78, 5) is 12.2. The van der Waals surface area contributed by atoms with Crippen molar-refractivity contribution >= 4 is 5.91 Å². The first-order chi connectivity index (χ1) is 10.7. The molecule has 1 spiro atoms. The fraction of sp³-hybridized carbons (Fsp3) is 0.588. The SMILES string of the molecule is O=C(NCC1CCCO1)c1ccc2c(c1)OCC1(CC1)CO2. The van der Waals surface area contributed by atoms with Crippen molar-refractivity contribution in [2.24, 2.45) is 5.41 Å². The second-order valence-corrected chi connectivity index (χ2v) is 6.58. The van der Waals surface area contributed by atoms with Crippen LogP contribution in [0.3, 0.4) is 0 Å². The average Bonchev–Trinajstić information content (AvgIpc) is 3.18. The number of benzene rings is 1. The largest absolute Gasteiger partial charge is 0.489 e. The molecule has 5 heteroatoms. The van der Waals surface area contributed by atoms with Crippen LogP contribution in [0.15, 0.2) is 18.2 Å². The lowest BCUT2D eigenvalue weighted by molar-refractivity contribution is 0.0857. The van der Waals surface area contributed by atoms with Crippen LogP contribution < -0.4 is 14.8 Å². The highest BCUT2D eigenvalue weighted by molar-refractivity contribution is 5.94. The first-order valence-corrected chi connectivity index (χ1v) is 8.04. The second-order valence-electron chi connectivity index (χ2n) is 6.58. The smallest absolute Gasteiger partial charge is 0.251 e. The fourth-order valence-electron chi connectivity index (χ4n) is 2.96. The molecule has 1 N–H and O–H groups in total. The molecule has 0 bridgehead atoms. The molecule has 1 aliphatic carbocycles. The molecule has 0 aromatic heterocycles. The first kappa shape index (κ1) is 13.9. The zero-order chi connectivity index (χ0) is 15.0. The predicted molar refractivity (Wildman–Crippen MR) is 80.4 cm³/mol. The van der Waals surface area contributed by atoms with Crippen molar-refractivity contribution in [2.45, 2.75) is 31.8 Å². The number of hydrogen-bond acceptors (Lipinski definition) is 4. The van der Waals surface area contributed by atoms with Gasteiger partial charge in [-0.3, -0.25) is 4.79 Å². The van der Waals surface area contributed by atoms with Crippen molar-refractivity contribution < 1.29 is 19.0 Å². The van der Waals surface area contributed by atoms with Crippen LogP contribution in [0.25, 0.3) is 0 Å². The standard InChI is InChI=1S/C17H21NO4/c19-16(18-9-13-2-1-7-20-13)12-3-4-14-15(8-12)22-11-17(5-6-17)10-21-14/h3-4,8,13H,1-2,5-7,9-11H2,(H,18,19). The molecule has 1 amide bonds. The third kappa shape index (κ3) is 2.77. The Bertz CT molecular complexity index is 576. The Balaban J connectivity index is 1.42. The van der Waals surface area contributed by atoms with Crippen LogP contribution in [-0.2, 0) is 4.74 Å². The molecular formula is C17H21NO4. The number of rotatable bonds is 3. The van der Waals surface area contributed by atoms with Crippen LogP contribution in [0.2, 0.25) is 0 Å². The Morgan fingerprint density at radius 3 is 2.77 bits per heavy atom. The molecular weight excluding hydrogens is 282 g/mol. The van der Waals surface area contributed by atoms with Gasteiger partial charge in [-0.05, 0) is 43.9 Å². The third-order valence-corrected chi connectivity index (χ3v) is 4.75. The Kier molecular flexibility index (Phi) is 3.45. The van der Waals surface area contributed by atoms with E-state index >= 15 is 0 Å². The Labute approximate surface area is 129 Å². The first-order valence-electron chi connectivity index (χ1n) is 8.04. The molecule has 1 aromatic rings. The highest BCUT2D eigenvalue weighted by Crippen LogP contribution is 2.49. The molecule has 118 valence electrons. The van der Waals surface area contributed by atoms with Gasteiger partial charge in [0.15, 0.2) is 11.5 Å². The molecule has 5 nitrogen and oxygen atoms in total. The minimum absolute atomic E-state index is 0.0905. The van der Waals surface area contributed by atoms with Crippen LogP contribution in [0.5, 0.6) is 11.5 Å². The number of fused-ring (bicyclic) bond motifs is 1. The van der Waals surface area contributed by atoms with Crippen molar-refractivity contribution in [3.05, 3.63) is 23.8 Å². The number of amides is 1. The quantitative estimate of drug-likeness (QED) is 0.929. The molecule has 1 atom stereocenters. The number of hydrogen-bond donors (Lipinski definition) is 1. The lowest BCUT2D eigenvalue weighted by Crippen LogP contribution is -2.31. The van der Waals surface area contributed by atoms with E-state index in [-0.39, 0.29) is 17.4 Å². The van der Waals surface area contributed by atoms with E-state index in [0.29, 0.717) is 31.1 Å². The highest BCUT2D eigenvalue weighted by atomic mass is 16.5. The predicted octanol–water partition coefficient (Wildman–Crippen LogP) is 2.15. The van der Waals surface area contributed by atoms with Crippen LogP contribution in [0.4, 0.5) is 0 Å². The van der Waals surface area contributed by atoms with Gasteiger partial charge in [-0.2, -0.15) is 0 Å². The van der Waals surface area contributed by atoms with E-state index < -0.39 is 0 Å². The lowest BCUT2D eigenvalue weighted by Gasteiger charge is -2.12. The van der Waals surface area contributed by atoms with Crippen molar-refractivity contribution in [1.82, 2.24) is 5.32 Å². The number of carbonyl (C=O) groups excluding carboxylic acids is 1. The summed E-state index contributed by atoms with van der Waals surface area (Å²) in [6, 6.07) is 5.40. The average molecular weight is 303 g/mol. The third-order valence-electron chi connectivity index (χ3n) is 4.75. The summed E-state index contributed by atoms with van der Waals surface area (Å²) in [5, 5.41) is 2.93. The van der Waals surface area contributed by atoms with Gasteiger partial charge in [-0.15, -0.1) is 0 Å². The Morgan fingerprint density at radius 1 is 1.23 bits per heavy atom. The van der Waals surface area contributed by atoms with E-state index in [4.69, 9.17) is 14.2 Å². The minimum atomic E-state index is -0.0905. The number of ether oxygens (including phenoxy) is 3. The zero-order valence-corrected chi connectivity index (χ0v) is 12.6. The maximum Gasteiger partial charge on any atom is 0.251 e. The topological polar surface area (TPSA) is 56.8 Å². The Hall–Kier alpha value is -1.75. The second kappa shape index (κ2) is 5.47. The molecule has 1 unspecified atom stereocenters. The van der Waals surface area contributed by atoms with Gasteiger partial charge in [0.2, 0.25) is 0 Å². The lowest BCUT2D eigenvalue weighted by atomic mass is 10.1. The van der Waals surface area contributed by atoms with Crippen LogP contribution in [0, 0.1) is 5.41 Å². The van der Waals surface area contributed by atoms with E-state index in [0.717, 1.165) is 38.0 Å². The summed E-state index contributed by atoms with van der Waals surface area (Å²) >= 11 is 0. The summed E-state index contributed by atoms with van der Waals surface area (Å²) in [7, 11) is 0. The molecule has 22 heavy (non-hydrogen) atoms. The van der Waals surface area contributed by atoms with Crippen LogP contribution >= 0.6 is 0 Å². The van der Waals surface area contributed by atoms with Crippen molar-refractivity contribution in [3.8, 4) is 11.5 Å². The molecule has 1 saturated heterocycles. The number of nitrogens with one attached hydrogen (secondary N) is 1. The molecule has 2 aliphatic heterocycles. The van der Waals surface area contributed by atoms with Gasteiger partial charge in [0.05, 0.1) is 19.3 Å². The van der Waals surface area contributed by atoms with Crippen molar-refractivity contribution in [2.75, 3.05) is 26.4 Å². The molecule has 2 heterocycles. The fourth-order valence-corrected chi connectivity index (χ4v) is 2.96. The summed E-state index contributed by atoms with van der Waals surface area (Å²) in [5.74, 6) is 1.32. The summed E-state index contributed by atoms with van der Waals surface area (Å²) < 4.78 is 17.2. The van der Waals surface area contributed by atoms with Crippen LogP contribution in [0.1, 0.15) is 36.0 Å². The molecule has 3 aliphatic rings. The van der Waals surface area contributed by atoms with E-state index in [1.165, 1.54) is 0 Å². The highest BCUT2D eigenvalue weighted by Gasteiger charge is 2.46. The van der Waals surface area contributed by atoms with Crippen molar-refractivity contribution in [3.63, 3.8) is 0 Å². The van der Waals surface area contributed by atoms with Gasteiger partial charge in [0.25, 0.3) is 5.91 Å². The number of carbonyl (C=O) groups is 1. The normalized spacial score (nSPS) is 24.8. The molecule has 0 radical (unpaired) electrons. The van der Waals surface area contributed by atoms with E-state index in [9.17, 15) is 4.79 Å². The maximum absolute atomic E-state index is 12.2. The molecule has 1 aromatic carbocycles. The summed E-state index contributed by atoms with van der Waals surface area (Å²) in [5.41, 5.74) is 0.813. The van der Waals surface area contributed by atoms with Gasteiger partial charge in [0.1, 0.15) is 0 Å². The van der Waals surface area contributed by atoms with Gasteiger partial charge in [0, 0.05) is 24.1 Å². The van der Waals surface area contributed by atoms with Gasteiger partial charge in [-0.25, -0.2) is 0 Å². The monoisotopic (exact) mass is 303 g/mol. The maximum atomic E-state index is 12.2. The summed E-state index contributed by atoms with van der Waals surface area (Å²) in [6.45, 7) is 2.76. The van der Waals surface area contributed by atoms with E-state index in [2.05, 4.69) is 5.32 Å². The molecule has 2 fully saturated rings. The van der Waals surface area contributed by atoms with Gasteiger partial charge >= 0.3 is 0 Å². The summed E-state index contributed by atoms with van der Waals surface area (Å²) in [6.07, 6.45) is 4.57.